The molecule has 0 aromatic heterocycles. The van der Waals surface area contributed by atoms with Crippen molar-refractivity contribution in [1.29, 1.82) is 0 Å². The molecule has 52 valence electrons. The second-order valence-corrected chi connectivity index (χ2v) is 3.21. The summed E-state index contributed by atoms with van der Waals surface area (Å²) in [5, 5.41) is 0. The van der Waals surface area contributed by atoms with E-state index in [4.69, 9.17) is 4.74 Å². The maximum atomic E-state index is 5.28. The van der Waals surface area contributed by atoms with E-state index < -0.39 is 0 Å². The highest BCUT2D eigenvalue weighted by molar-refractivity contribution is 5.02. The van der Waals surface area contributed by atoms with Gasteiger partial charge >= 0.3 is 0 Å². The molecule has 1 saturated carbocycles. The zero-order valence-electron chi connectivity index (χ0n) is 5.89. The first-order valence-corrected chi connectivity index (χ1v) is 3.63. The molecule has 1 aliphatic heterocycles. The summed E-state index contributed by atoms with van der Waals surface area (Å²) in [6, 6.07) is 0. The lowest BCUT2D eigenvalue weighted by molar-refractivity contribution is -0.0426. The van der Waals surface area contributed by atoms with Crippen LogP contribution in [0.1, 0.15) is 19.3 Å². The van der Waals surface area contributed by atoms with Crippen LogP contribution in [0.2, 0.25) is 0 Å². The fourth-order valence-corrected chi connectivity index (χ4v) is 1.57. The predicted molar refractivity (Wildman–Crippen MR) is 35.2 cm³/mol. The van der Waals surface area contributed by atoms with Crippen molar-refractivity contribution in [2.45, 2.75) is 24.8 Å². The van der Waals surface area contributed by atoms with Gasteiger partial charge in [0.15, 0.2) is 0 Å². The van der Waals surface area contributed by atoms with Gasteiger partial charge in [-0.25, -0.2) is 0 Å². The average Bonchev–Trinajstić information content (AvgIpc) is 2.60. The van der Waals surface area contributed by atoms with Crippen LogP contribution in [0, 0.1) is 0 Å². The lowest BCUT2D eigenvalue weighted by Gasteiger charge is -2.32. The van der Waals surface area contributed by atoms with Gasteiger partial charge in [0.2, 0.25) is 0 Å². The fraction of sp³-hybridized carbons (Fsp3) is 1.00. The van der Waals surface area contributed by atoms with Crippen molar-refractivity contribution in [3.05, 3.63) is 0 Å². The molecule has 2 rings (SSSR count). The first-order chi connectivity index (χ1) is 4.33. The average molecular weight is 127 g/mol. The minimum absolute atomic E-state index is 0.595. The summed E-state index contributed by atoms with van der Waals surface area (Å²) in [6.07, 6.45) is 4.04. The quantitative estimate of drug-likeness (QED) is 0.478. The van der Waals surface area contributed by atoms with Crippen LogP contribution in [-0.2, 0) is 4.74 Å². The lowest BCUT2D eigenvalue weighted by atomic mass is 10.1. The Kier molecular flexibility index (Phi) is 1.08. The number of hydrogen-bond donors (Lipinski definition) is 0. The van der Waals surface area contributed by atoms with Crippen molar-refractivity contribution in [3.8, 4) is 0 Å². The van der Waals surface area contributed by atoms with Crippen LogP contribution in [0.15, 0.2) is 0 Å². The van der Waals surface area contributed by atoms with Crippen molar-refractivity contribution in [2.75, 3.05) is 20.4 Å². The molecule has 0 bridgehead atoms. The van der Waals surface area contributed by atoms with Crippen LogP contribution < -0.4 is 0 Å². The minimum atomic E-state index is 0.595. The summed E-state index contributed by atoms with van der Waals surface area (Å²) in [6.45, 7) is 1.82. The van der Waals surface area contributed by atoms with Crippen molar-refractivity contribution >= 4 is 0 Å². The second-order valence-electron chi connectivity index (χ2n) is 3.21. The Balaban J connectivity index is 2.03. The van der Waals surface area contributed by atoms with Crippen molar-refractivity contribution < 1.29 is 4.74 Å². The first-order valence-electron chi connectivity index (χ1n) is 3.63. The molecule has 0 unspecified atom stereocenters. The third-order valence-electron chi connectivity index (χ3n) is 2.63. The molecular formula is C7H13NO. The molecule has 1 heterocycles. The number of nitrogens with zero attached hydrogens (tertiary/aromatic N) is 1. The third-order valence-corrected chi connectivity index (χ3v) is 2.63. The molecule has 1 saturated heterocycles. The van der Waals surface area contributed by atoms with Gasteiger partial charge in [-0.05, 0) is 26.3 Å². The van der Waals surface area contributed by atoms with Crippen LogP contribution in [0.4, 0.5) is 0 Å². The molecule has 0 amide bonds. The molecule has 1 spiro atoms. The molecular weight excluding hydrogens is 114 g/mol. The topological polar surface area (TPSA) is 12.5 Å². The van der Waals surface area contributed by atoms with E-state index in [1.807, 2.05) is 0 Å². The van der Waals surface area contributed by atoms with Crippen LogP contribution in [0.3, 0.4) is 0 Å². The molecule has 2 nitrogen and oxygen atoms in total. The van der Waals surface area contributed by atoms with E-state index >= 15 is 0 Å². The Morgan fingerprint density at radius 1 is 1.33 bits per heavy atom. The fourth-order valence-electron chi connectivity index (χ4n) is 1.57. The summed E-state index contributed by atoms with van der Waals surface area (Å²) >= 11 is 0. The normalized spacial score (nSPS) is 33.0. The second kappa shape index (κ2) is 1.70. The Hall–Kier alpha value is -0.0800. The van der Waals surface area contributed by atoms with Crippen LogP contribution >= 0.6 is 0 Å². The maximum Gasteiger partial charge on any atom is 0.0992 e. The van der Waals surface area contributed by atoms with Crippen molar-refractivity contribution in [3.63, 3.8) is 0 Å². The van der Waals surface area contributed by atoms with Crippen molar-refractivity contribution in [1.82, 2.24) is 4.90 Å². The smallest absolute Gasteiger partial charge is 0.0992 e. The predicted octanol–water partition coefficient (Wildman–Crippen LogP) is 0.829. The zero-order valence-corrected chi connectivity index (χ0v) is 5.89. The molecule has 0 atom stereocenters. The molecule has 0 radical (unpaired) electrons. The summed E-state index contributed by atoms with van der Waals surface area (Å²) in [5.74, 6) is 0. The molecule has 2 fully saturated rings. The van der Waals surface area contributed by atoms with Gasteiger partial charge in [-0.1, -0.05) is 0 Å². The number of hydrogen-bond acceptors (Lipinski definition) is 2. The maximum absolute atomic E-state index is 5.28. The van der Waals surface area contributed by atoms with E-state index in [1.54, 1.807) is 0 Å². The van der Waals surface area contributed by atoms with Gasteiger partial charge in [0, 0.05) is 5.54 Å². The van der Waals surface area contributed by atoms with E-state index in [9.17, 15) is 0 Å². The SMILES string of the molecule is CN1COCCC12CC2. The molecule has 2 aliphatic rings. The highest BCUT2D eigenvalue weighted by atomic mass is 16.5. The molecule has 0 aromatic carbocycles. The third kappa shape index (κ3) is 0.775. The Morgan fingerprint density at radius 3 is 2.56 bits per heavy atom. The van der Waals surface area contributed by atoms with Gasteiger partial charge in [-0.15, -0.1) is 0 Å². The van der Waals surface area contributed by atoms with E-state index in [2.05, 4.69) is 11.9 Å². The van der Waals surface area contributed by atoms with Crippen LogP contribution in [0.5, 0.6) is 0 Å². The summed E-state index contributed by atoms with van der Waals surface area (Å²) in [5.41, 5.74) is 0.595. The van der Waals surface area contributed by atoms with E-state index in [0.717, 1.165) is 13.3 Å². The molecule has 1 aliphatic carbocycles. The lowest BCUT2D eigenvalue weighted by Crippen LogP contribution is -2.40. The molecule has 0 N–H and O–H groups in total. The highest BCUT2D eigenvalue weighted by Gasteiger charge is 2.47. The van der Waals surface area contributed by atoms with Gasteiger partial charge in [0.25, 0.3) is 0 Å². The minimum Gasteiger partial charge on any atom is -0.366 e. The molecule has 9 heavy (non-hydrogen) atoms. The van der Waals surface area contributed by atoms with Crippen LogP contribution in [0.25, 0.3) is 0 Å². The van der Waals surface area contributed by atoms with E-state index in [-0.39, 0.29) is 0 Å². The number of ether oxygens (including phenoxy) is 1. The van der Waals surface area contributed by atoms with Gasteiger partial charge in [0.05, 0.1) is 13.3 Å². The van der Waals surface area contributed by atoms with Gasteiger partial charge in [-0.2, -0.15) is 0 Å². The summed E-state index contributed by atoms with van der Waals surface area (Å²) < 4.78 is 5.28. The van der Waals surface area contributed by atoms with Gasteiger partial charge in [0.1, 0.15) is 0 Å². The molecule has 2 heteroatoms. The largest absolute Gasteiger partial charge is 0.366 e. The van der Waals surface area contributed by atoms with Crippen molar-refractivity contribution in [2.24, 2.45) is 0 Å². The zero-order chi connectivity index (χ0) is 6.32. The first kappa shape index (κ1) is 5.69. The monoisotopic (exact) mass is 127 g/mol. The number of rotatable bonds is 0. The van der Waals surface area contributed by atoms with E-state index in [0.29, 0.717) is 5.54 Å². The Bertz CT molecular complexity index is 120. The highest BCUT2D eigenvalue weighted by Crippen LogP contribution is 2.45. The van der Waals surface area contributed by atoms with Gasteiger partial charge < -0.3 is 4.74 Å². The van der Waals surface area contributed by atoms with Gasteiger partial charge in [-0.3, -0.25) is 4.90 Å². The van der Waals surface area contributed by atoms with Crippen LogP contribution in [-0.4, -0.2) is 30.8 Å². The standard InChI is InChI=1S/C7H13NO/c1-8-6-9-5-4-7(8)2-3-7/h2-6H2,1H3. The molecule has 0 aromatic rings. The summed E-state index contributed by atoms with van der Waals surface area (Å²) in [7, 11) is 2.16. The Morgan fingerprint density at radius 2 is 2.11 bits per heavy atom. The Labute approximate surface area is 55.8 Å². The van der Waals surface area contributed by atoms with E-state index in [1.165, 1.54) is 19.3 Å². The summed E-state index contributed by atoms with van der Waals surface area (Å²) in [4.78, 5) is 2.34.